The molecular weight excluding hydrogens is 302 g/mol. The van der Waals surface area contributed by atoms with Gasteiger partial charge in [-0.1, -0.05) is 36.4 Å². The first kappa shape index (κ1) is 15.6. The van der Waals surface area contributed by atoms with Gasteiger partial charge in [0.25, 0.3) is 5.91 Å². The van der Waals surface area contributed by atoms with Crippen LogP contribution >= 0.6 is 0 Å². The third-order valence-corrected chi connectivity index (χ3v) is 3.60. The minimum absolute atomic E-state index is 0.154. The zero-order chi connectivity index (χ0) is 16.8. The van der Waals surface area contributed by atoms with Crippen molar-refractivity contribution < 1.29 is 4.79 Å². The van der Waals surface area contributed by atoms with Crippen LogP contribution in [-0.2, 0) is 6.54 Å². The van der Waals surface area contributed by atoms with Gasteiger partial charge in [-0.25, -0.2) is 4.85 Å². The number of carbonyl (C=O) groups is 1. The SMILES string of the molecule is [C-]#[N+]c1ccc(C(=O)NCc2ccc(NC3=NCCN3)cc2)cc1. The Morgan fingerprint density at radius 3 is 2.54 bits per heavy atom. The van der Waals surface area contributed by atoms with Crippen LogP contribution in [0.4, 0.5) is 11.4 Å². The molecule has 0 radical (unpaired) electrons. The predicted octanol–water partition coefficient (Wildman–Crippen LogP) is 2.54. The van der Waals surface area contributed by atoms with E-state index in [9.17, 15) is 4.79 Å². The molecule has 0 atom stereocenters. The molecule has 1 heterocycles. The molecular formula is C18H17N5O. The number of benzene rings is 2. The normalized spacial score (nSPS) is 12.7. The fourth-order valence-electron chi connectivity index (χ4n) is 2.30. The Hall–Kier alpha value is -3.33. The number of hydrogen-bond donors (Lipinski definition) is 3. The largest absolute Gasteiger partial charge is 0.354 e. The molecule has 0 saturated carbocycles. The number of aliphatic imine (C=N–C) groups is 1. The number of nitrogens with one attached hydrogen (secondary N) is 3. The van der Waals surface area contributed by atoms with Crippen molar-refractivity contribution in [3.8, 4) is 0 Å². The zero-order valence-electron chi connectivity index (χ0n) is 13.0. The highest BCUT2D eigenvalue weighted by molar-refractivity contribution is 5.95. The van der Waals surface area contributed by atoms with Crippen LogP contribution in [0.1, 0.15) is 15.9 Å². The summed E-state index contributed by atoms with van der Waals surface area (Å²) in [6.07, 6.45) is 0. The van der Waals surface area contributed by atoms with Crippen LogP contribution in [0.3, 0.4) is 0 Å². The Balaban J connectivity index is 1.54. The number of nitrogens with zero attached hydrogens (tertiary/aromatic N) is 2. The predicted molar refractivity (Wildman–Crippen MR) is 94.2 cm³/mol. The Morgan fingerprint density at radius 2 is 1.92 bits per heavy atom. The molecule has 6 nitrogen and oxygen atoms in total. The average molecular weight is 319 g/mol. The van der Waals surface area contributed by atoms with Crippen molar-refractivity contribution >= 4 is 23.2 Å². The molecule has 2 aromatic carbocycles. The minimum Gasteiger partial charge on any atom is -0.354 e. The van der Waals surface area contributed by atoms with Gasteiger partial charge in [-0.3, -0.25) is 9.79 Å². The highest BCUT2D eigenvalue weighted by Gasteiger charge is 2.06. The number of rotatable bonds is 4. The fourth-order valence-corrected chi connectivity index (χ4v) is 2.30. The molecule has 0 fully saturated rings. The lowest BCUT2D eigenvalue weighted by molar-refractivity contribution is 0.0951. The Kier molecular flexibility index (Phi) is 4.73. The molecule has 0 spiro atoms. The molecule has 0 saturated heterocycles. The van der Waals surface area contributed by atoms with Gasteiger partial charge in [0.15, 0.2) is 11.6 Å². The summed E-state index contributed by atoms with van der Waals surface area (Å²) in [5.41, 5.74) is 3.03. The van der Waals surface area contributed by atoms with Crippen LogP contribution in [-0.4, -0.2) is 25.0 Å². The lowest BCUT2D eigenvalue weighted by Crippen LogP contribution is -2.26. The van der Waals surface area contributed by atoms with Crippen molar-refractivity contribution in [3.05, 3.63) is 71.1 Å². The van der Waals surface area contributed by atoms with E-state index in [1.165, 1.54) is 0 Å². The number of amides is 1. The van der Waals surface area contributed by atoms with E-state index < -0.39 is 0 Å². The highest BCUT2D eigenvalue weighted by atomic mass is 16.1. The molecule has 0 aliphatic carbocycles. The quantitative estimate of drug-likeness (QED) is 0.759. The molecule has 3 rings (SSSR count). The maximum atomic E-state index is 12.1. The second-order valence-electron chi connectivity index (χ2n) is 5.32. The van der Waals surface area contributed by atoms with E-state index in [2.05, 4.69) is 25.8 Å². The first-order valence-corrected chi connectivity index (χ1v) is 7.64. The van der Waals surface area contributed by atoms with Crippen LogP contribution < -0.4 is 16.0 Å². The van der Waals surface area contributed by atoms with Gasteiger partial charge in [0.05, 0.1) is 13.1 Å². The molecule has 1 aliphatic heterocycles. The average Bonchev–Trinajstić information content (AvgIpc) is 3.14. The van der Waals surface area contributed by atoms with Crippen molar-refractivity contribution in [3.63, 3.8) is 0 Å². The van der Waals surface area contributed by atoms with Gasteiger partial charge >= 0.3 is 0 Å². The molecule has 1 amide bonds. The first-order valence-electron chi connectivity index (χ1n) is 7.64. The monoisotopic (exact) mass is 319 g/mol. The van der Waals surface area contributed by atoms with Gasteiger partial charge in [0, 0.05) is 24.3 Å². The van der Waals surface area contributed by atoms with Crippen molar-refractivity contribution in [1.29, 1.82) is 0 Å². The molecule has 120 valence electrons. The van der Waals surface area contributed by atoms with Crippen molar-refractivity contribution in [2.24, 2.45) is 4.99 Å². The summed E-state index contributed by atoms with van der Waals surface area (Å²) in [7, 11) is 0. The summed E-state index contributed by atoms with van der Waals surface area (Å²) in [6.45, 7) is 9.02. The summed E-state index contributed by atoms with van der Waals surface area (Å²) >= 11 is 0. The number of hydrogen-bond acceptors (Lipinski definition) is 4. The molecule has 2 aromatic rings. The van der Waals surface area contributed by atoms with E-state index in [1.54, 1.807) is 24.3 Å². The summed E-state index contributed by atoms with van der Waals surface area (Å²) in [5.74, 6) is 0.636. The second-order valence-corrected chi connectivity index (χ2v) is 5.32. The number of guanidine groups is 1. The van der Waals surface area contributed by atoms with Crippen LogP contribution in [0.2, 0.25) is 0 Å². The molecule has 1 aliphatic rings. The molecule has 0 bridgehead atoms. The van der Waals surface area contributed by atoms with Gasteiger partial charge < -0.3 is 16.0 Å². The van der Waals surface area contributed by atoms with Gasteiger partial charge in [0.2, 0.25) is 0 Å². The molecule has 24 heavy (non-hydrogen) atoms. The lowest BCUT2D eigenvalue weighted by atomic mass is 10.1. The molecule has 0 aromatic heterocycles. The summed E-state index contributed by atoms with van der Waals surface area (Å²) < 4.78 is 0. The van der Waals surface area contributed by atoms with E-state index in [0.29, 0.717) is 17.8 Å². The van der Waals surface area contributed by atoms with Gasteiger partial charge in [0.1, 0.15) is 0 Å². The Labute approximate surface area is 140 Å². The zero-order valence-corrected chi connectivity index (χ0v) is 13.0. The third kappa shape index (κ3) is 3.90. The summed E-state index contributed by atoms with van der Waals surface area (Å²) in [5, 5.41) is 9.22. The van der Waals surface area contributed by atoms with Crippen LogP contribution in [0.25, 0.3) is 4.85 Å². The standard InChI is InChI=1S/C18H17N5O/c1-19-15-8-4-14(5-9-15)17(24)22-12-13-2-6-16(7-3-13)23-18-20-10-11-21-18/h2-9H,10-12H2,(H,22,24)(H2,20,21,23). The lowest BCUT2D eigenvalue weighted by Gasteiger charge is -2.09. The Bertz CT molecular complexity index is 788. The van der Waals surface area contributed by atoms with Crippen molar-refractivity contribution in [1.82, 2.24) is 10.6 Å². The molecule has 6 heteroatoms. The number of anilines is 1. The topological polar surface area (TPSA) is 69.9 Å². The first-order chi connectivity index (χ1) is 11.7. The number of carbonyl (C=O) groups excluding carboxylic acids is 1. The summed E-state index contributed by atoms with van der Waals surface area (Å²) in [6, 6.07) is 14.4. The van der Waals surface area contributed by atoms with Gasteiger partial charge in [-0.15, -0.1) is 0 Å². The van der Waals surface area contributed by atoms with Crippen LogP contribution in [0.5, 0.6) is 0 Å². The Morgan fingerprint density at radius 1 is 1.17 bits per heavy atom. The van der Waals surface area contributed by atoms with Gasteiger partial charge in [-0.05, 0) is 17.7 Å². The van der Waals surface area contributed by atoms with E-state index in [4.69, 9.17) is 6.57 Å². The van der Waals surface area contributed by atoms with E-state index >= 15 is 0 Å². The smallest absolute Gasteiger partial charge is 0.251 e. The minimum atomic E-state index is -0.154. The van der Waals surface area contributed by atoms with E-state index in [1.807, 2.05) is 24.3 Å². The van der Waals surface area contributed by atoms with Gasteiger partial charge in [-0.2, -0.15) is 0 Å². The summed E-state index contributed by atoms with van der Waals surface area (Å²) in [4.78, 5) is 19.7. The van der Waals surface area contributed by atoms with Crippen molar-refractivity contribution in [2.75, 3.05) is 18.4 Å². The van der Waals surface area contributed by atoms with E-state index in [0.717, 1.165) is 30.3 Å². The van der Waals surface area contributed by atoms with Crippen LogP contribution in [0, 0.1) is 6.57 Å². The second kappa shape index (κ2) is 7.29. The van der Waals surface area contributed by atoms with Crippen molar-refractivity contribution in [2.45, 2.75) is 6.54 Å². The third-order valence-electron chi connectivity index (χ3n) is 3.60. The maximum Gasteiger partial charge on any atom is 0.251 e. The fraction of sp³-hybridized carbons (Fsp3) is 0.167. The highest BCUT2D eigenvalue weighted by Crippen LogP contribution is 2.13. The molecule has 3 N–H and O–H groups in total. The van der Waals surface area contributed by atoms with Crippen LogP contribution in [0.15, 0.2) is 53.5 Å². The maximum absolute atomic E-state index is 12.1. The van der Waals surface area contributed by atoms with E-state index in [-0.39, 0.29) is 5.91 Å². The molecule has 0 unspecified atom stereocenters.